The summed E-state index contributed by atoms with van der Waals surface area (Å²) in [7, 11) is 0. The zero-order valence-corrected chi connectivity index (χ0v) is 17.6. The van der Waals surface area contributed by atoms with Crippen LogP contribution in [0.15, 0.2) is 11.1 Å². The Morgan fingerprint density at radius 1 is 1.29 bits per heavy atom. The Balaban J connectivity index is 1.32. The van der Waals surface area contributed by atoms with Crippen molar-refractivity contribution < 1.29 is 4.79 Å². The number of likely N-dealkylation sites (N-methyl/N-ethyl adjacent to an activating group) is 1. The molecule has 28 heavy (non-hydrogen) atoms. The molecule has 0 N–H and O–H groups in total. The molecule has 4 aliphatic carbocycles. The van der Waals surface area contributed by atoms with Gasteiger partial charge in [-0.05, 0) is 74.5 Å². The molecule has 148 valence electrons. The van der Waals surface area contributed by atoms with E-state index in [0.29, 0.717) is 17.1 Å². The van der Waals surface area contributed by atoms with E-state index in [4.69, 9.17) is 4.98 Å². The van der Waals surface area contributed by atoms with Crippen molar-refractivity contribution in [2.45, 2.75) is 63.4 Å². The average Bonchev–Trinajstić information content (AvgIpc) is 2.69. The maximum Gasteiger partial charge on any atom is 0.149 e. The second kappa shape index (κ2) is 7.15. The van der Waals surface area contributed by atoms with Gasteiger partial charge in [-0.3, -0.25) is 9.69 Å². The van der Waals surface area contributed by atoms with Crippen molar-refractivity contribution in [3.05, 3.63) is 22.9 Å². The highest BCUT2D eigenvalue weighted by atomic mass is 32.2. The number of nitrogens with zero attached hydrogens (tertiary/aromatic N) is 3. The molecule has 2 heterocycles. The number of nitriles is 1. The Bertz CT molecular complexity index is 808. The largest absolute Gasteiger partial charge is 0.299 e. The molecular weight excluding hydrogens is 366 g/mol. The Hall–Kier alpha value is -1.38. The molecule has 6 rings (SSSR count). The molecule has 4 fully saturated rings. The normalized spacial score (nSPS) is 33.5. The molecular formula is C23H29N3OS. The smallest absolute Gasteiger partial charge is 0.149 e. The Morgan fingerprint density at radius 2 is 1.96 bits per heavy atom. The molecule has 1 aliphatic heterocycles. The van der Waals surface area contributed by atoms with Crippen LogP contribution in [0.25, 0.3) is 0 Å². The lowest BCUT2D eigenvalue weighted by molar-refractivity contribution is -0.141. The third-order valence-electron chi connectivity index (χ3n) is 7.75. The predicted octanol–water partition coefficient (Wildman–Crippen LogP) is 4.21. The predicted molar refractivity (Wildman–Crippen MR) is 110 cm³/mol. The third-order valence-corrected chi connectivity index (χ3v) is 8.74. The molecule has 0 aromatic carbocycles. The summed E-state index contributed by atoms with van der Waals surface area (Å²) in [5, 5.41) is 10.4. The molecule has 0 atom stereocenters. The van der Waals surface area contributed by atoms with E-state index < -0.39 is 0 Å². The van der Waals surface area contributed by atoms with Crippen LogP contribution >= 0.6 is 11.8 Å². The molecule has 5 aliphatic rings. The highest BCUT2D eigenvalue weighted by molar-refractivity contribution is 8.00. The summed E-state index contributed by atoms with van der Waals surface area (Å²) >= 11 is 1.51. The van der Waals surface area contributed by atoms with Crippen LogP contribution in [0.2, 0.25) is 0 Å². The minimum absolute atomic E-state index is 0.0512. The quantitative estimate of drug-likeness (QED) is 0.699. The first-order chi connectivity index (χ1) is 13.6. The Kier molecular flexibility index (Phi) is 4.76. The minimum atomic E-state index is -0.0512. The molecule has 0 radical (unpaired) electrons. The highest BCUT2D eigenvalue weighted by Crippen LogP contribution is 2.60. The van der Waals surface area contributed by atoms with Crippen LogP contribution in [-0.2, 0) is 17.8 Å². The number of fused-ring (bicyclic) bond motifs is 1. The van der Waals surface area contributed by atoms with Crippen molar-refractivity contribution in [3.63, 3.8) is 0 Å². The lowest BCUT2D eigenvalue weighted by atomic mass is 9.48. The first-order valence-electron chi connectivity index (χ1n) is 10.9. The number of thioether (sulfide) groups is 1. The Morgan fingerprint density at radius 3 is 2.57 bits per heavy atom. The second-order valence-corrected chi connectivity index (χ2v) is 10.6. The molecule has 1 aromatic rings. The number of ketones is 1. The standard InChI is InChI=1S/C23H29N3OS/c1-2-26-4-3-20-19(13-26)8-18(12-24)22(25-20)28-14-21(27)23-9-15-5-16(10-23)7-17(6-15)11-23/h8,15-17H,2-7,9-11,13-14H2,1H3. The number of aromatic nitrogens is 1. The molecule has 4 bridgehead atoms. The van der Waals surface area contributed by atoms with E-state index in [-0.39, 0.29) is 5.41 Å². The van der Waals surface area contributed by atoms with E-state index in [1.165, 1.54) is 36.6 Å². The van der Waals surface area contributed by atoms with Crippen molar-refractivity contribution in [1.29, 1.82) is 5.26 Å². The summed E-state index contributed by atoms with van der Waals surface area (Å²) in [5.41, 5.74) is 2.89. The molecule has 4 nitrogen and oxygen atoms in total. The fourth-order valence-corrected chi connectivity index (χ4v) is 7.72. The first-order valence-corrected chi connectivity index (χ1v) is 11.9. The molecule has 4 saturated carbocycles. The zero-order chi connectivity index (χ0) is 19.3. The third kappa shape index (κ3) is 3.19. The topological polar surface area (TPSA) is 57.0 Å². The lowest BCUT2D eigenvalue weighted by Crippen LogP contribution is -2.50. The molecule has 5 heteroatoms. The van der Waals surface area contributed by atoms with Gasteiger partial charge in [0.05, 0.1) is 11.3 Å². The zero-order valence-electron chi connectivity index (χ0n) is 16.7. The summed E-state index contributed by atoms with van der Waals surface area (Å²) in [6.45, 7) is 5.10. The van der Waals surface area contributed by atoms with Crippen molar-refractivity contribution >= 4 is 17.5 Å². The monoisotopic (exact) mass is 395 g/mol. The lowest BCUT2D eigenvalue weighted by Gasteiger charge is -2.56. The van der Waals surface area contributed by atoms with E-state index in [0.717, 1.165) is 73.8 Å². The number of hydrogen-bond acceptors (Lipinski definition) is 5. The summed E-state index contributed by atoms with van der Waals surface area (Å²) < 4.78 is 0. The summed E-state index contributed by atoms with van der Waals surface area (Å²) in [5.74, 6) is 3.28. The molecule has 0 saturated heterocycles. The summed E-state index contributed by atoms with van der Waals surface area (Å²) in [6, 6.07) is 4.34. The maximum absolute atomic E-state index is 13.3. The number of carbonyl (C=O) groups is 1. The molecule has 0 spiro atoms. The van der Waals surface area contributed by atoms with Crippen LogP contribution in [0.1, 0.15) is 62.3 Å². The number of Topliss-reactive ketones (excluding diaryl/α,β-unsaturated/α-hetero) is 1. The van der Waals surface area contributed by atoms with Crippen LogP contribution in [0.5, 0.6) is 0 Å². The molecule has 0 amide bonds. The Labute approximate surface area is 172 Å². The summed E-state index contributed by atoms with van der Waals surface area (Å²) in [6.07, 6.45) is 8.37. The SMILES string of the molecule is CCN1CCc2nc(SCC(=O)C34CC5CC(CC(C5)C3)C4)c(C#N)cc2C1. The van der Waals surface area contributed by atoms with Gasteiger partial charge in [0, 0.05) is 30.6 Å². The van der Waals surface area contributed by atoms with Crippen LogP contribution in [0.4, 0.5) is 0 Å². The van der Waals surface area contributed by atoms with Crippen LogP contribution < -0.4 is 0 Å². The van der Waals surface area contributed by atoms with Crippen molar-refractivity contribution in [2.24, 2.45) is 23.2 Å². The first kappa shape index (κ1) is 18.6. The highest BCUT2D eigenvalue weighted by Gasteiger charge is 2.54. The van der Waals surface area contributed by atoms with E-state index in [1.807, 2.05) is 6.07 Å². The average molecular weight is 396 g/mol. The van der Waals surface area contributed by atoms with Crippen molar-refractivity contribution in [3.8, 4) is 6.07 Å². The van der Waals surface area contributed by atoms with Gasteiger partial charge in [0.25, 0.3) is 0 Å². The maximum atomic E-state index is 13.3. The van der Waals surface area contributed by atoms with Gasteiger partial charge in [-0.2, -0.15) is 5.26 Å². The number of pyridine rings is 1. The van der Waals surface area contributed by atoms with Gasteiger partial charge in [-0.15, -0.1) is 0 Å². The van der Waals surface area contributed by atoms with E-state index in [2.05, 4.69) is 17.9 Å². The van der Waals surface area contributed by atoms with Gasteiger partial charge in [0.1, 0.15) is 16.9 Å². The van der Waals surface area contributed by atoms with Crippen molar-refractivity contribution in [2.75, 3.05) is 18.8 Å². The van der Waals surface area contributed by atoms with Crippen LogP contribution in [0.3, 0.4) is 0 Å². The van der Waals surface area contributed by atoms with Gasteiger partial charge >= 0.3 is 0 Å². The fourth-order valence-electron chi connectivity index (χ4n) is 6.71. The number of carbonyl (C=O) groups excluding carboxylic acids is 1. The number of rotatable bonds is 5. The van der Waals surface area contributed by atoms with Crippen LogP contribution in [-0.4, -0.2) is 34.5 Å². The molecule has 1 aromatic heterocycles. The van der Waals surface area contributed by atoms with E-state index >= 15 is 0 Å². The van der Waals surface area contributed by atoms with Gasteiger partial charge in [-0.25, -0.2) is 4.98 Å². The van der Waals surface area contributed by atoms with Gasteiger partial charge in [0.15, 0.2) is 0 Å². The van der Waals surface area contributed by atoms with Crippen molar-refractivity contribution in [1.82, 2.24) is 9.88 Å². The molecule has 0 unspecified atom stereocenters. The van der Waals surface area contributed by atoms with Crippen LogP contribution in [0, 0.1) is 34.5 Å². The van der Waals surface area contributed by atoms with Gasteiger partial charge in [-0.1, -0.05) is 18.7 Å². The van der Waals surface area contributed by atoms with Gasteiger partial charge < -0.3 is 0 Å². The number of hydrogen-bond donors (Lipinski definition) is 0. The second-order valence-electron chi connectivity index (χ2n) is 9.59. The van der Waals surface area contributed by atoms with Gasteiger partial charge in [0.2, 0.25) is 0 Å². The minimum Gasteiger partial charge on any atom is -0.299 e. The van der Waals surface area contributed by atoms with E-state index in [1.54, 1.807) is 0 Å². The van der Waals surface area contributed by atoms with E-state index in [9.17, 15) is 10.1 Å². The fraction of sp³-hybridized carbons (Fsp3) is 0.696. The summed E-state index contributed by atoms with van der Waals surface area (Å²) in [4.78, 5) is 20.5.